The molecule has 1 aromatic carbocycles. The lowest BCUT2D eigenvalue weighted by Crippen LogP contribution is -2.44. The first-order valence-electron chi connectivity index (χ1n) is 10.1. The van der Waals surface area contributed by atoms with Crippen LogP contribution >= 0.6 is 0 Å². The SMILES string of the molecule is CC(=O)Nc1ccc(N2C[C@]34C=CC(O3)C(C(=O)NCCC(C)C)C4C2=O)cc1. The van der Waals surface area contributed by atoms with Crippen LogP contribution in [0.15, 0.2) is 36.4 Å². The van der Waals surface area contributed by atoms with E-state index in [2.05, 4.69) is 24.5 Å². The Labute approximate surface area is 170 Å². The fraction of sp³-hybridized carbons (Fsp3) is 0.500. The molecule has 0 saturated carbocycles. The van der Waals surface area contributed by atoms with Crippen molar-refractivity contribution in [2.24, 2.45) is 17.8 Å². The smallest absolute Gasteiger partial charge is 0.234 e. The Morgan fingerprint density at radius 3 is 2.66 bits per heavy atom. The molecule has 154 valence electrons. The normalized spacial score (nSPS) is 29.4. The number of ether oxygens (including phenoxy) is 1. The summed E-state index contributed by atoms with van der Waals surface area (Å²) in [5, 5.41) is 5.70. The molecule has 0 aromatic heterocycles. The van der Waals surface area contributed by atoms with Gasteiger partial charge in [0.2, 0.25) is 17.7 Å². The third-order valence-corrected chi connectivity index (χ3v) is 5.92. The van der Waals surface area contributed by atoms with E-state index in [9.17, 15) is 14.4 Å². The minimum absolute atomic E-state index is 0.0897. The largest absolute Gasteiger partial charge is 0.360 e. The maximum atomic E-state index is 13.3. The molecular weight excluding hydrogens is 370 g/mol. The number of rotatable bonds is 6. The first-order chi connectivity index (χ1) is 13.8. The molecule has 7 heteroatoms. The van der Waals surface area contributed by atoms with Gasteiger partial charge in [0.15, 0.2) is 0 Å². The van der Waals surface area contributed by atoms with Crippen LogP contribution in [0.3, 0.4) is 0 Å². The van der Waals surface area contributed by atoms with E-state index in [1.807, 2.05) is 12.2 Å². The summed E-state index contributed by atoms with van der Waals surface area (Å²) >= 11 is 0. The van der Waals surface area contributed by atoms with Gasteiger partial charge in [0, 0.05) is 24.8 Å². The number of amides is 3. The molecule has 1 aromatic rings. The van der Waals surface area contributed by atoms with Crippen molar-refractivity contribution in [3.63, 3.8) is 0 Å². The zero-order chi connectivity index (χ0) is 20.8. The van der Waals surface area contributed by atoms with E-state index in [0.717, 1.165) is 12.1 Å². The molecule has 3 aliphatic rings. The molecule has 1 spiro atoms. The maximum Gasteiger partial charge on any atom is 0.234 e. The molecule has 2 fully saturated rings. The van der Waals surface area contributed by atoms with E-state index in [1.54, 1.807) is 29.2 Å². The summed E-state index contributed by atoms with van der Waals surface area (Å²) in [5.74, 6) is -0.849. The Hall–Kier alpha value is -2.67. The van der Waals surface area contributed by atoms with Crippen LogP contribution in [0.5, 0.6) is 0 Å². The van der Waals surface area contributed by atoms with Crippen molar-refractivity contribution >= 4 is 29.1 Å². The first-order valence-corrected chi connectivity index (χ1v) is 10.1. The van der Waals surface area contributed by atoms with Crippen molar-refractivity contribution in [3.05, 3.63) is 36.4 Å². The zero-order valence-corrected chi connectivity index (χ0v) is 17.0. The molecule has 4 atom stereocenters. The second kappa shape index (κ2) is 7.30. The van der Waals surface area contributed by atoms with Crippen LogP contribution in [-0.4, -0.2) is 42.5 Å². The number of nitrogens with one attached hydrogen (secondary N) is 2. The lowest BCUT2D eigenvalue weighted by molar-refractivity contribution is -0.131. The Balaban J connectivity index is 1.52. The summed E-state index contributed by atoms with van der Waals surface area (Å²) in [7, 11) is 0. The summed E-state index contributed by atoms with van der Waals surface area (Å²) < 4.78 is 6.15. The predicted octanol–water partition coefficient (Wildman–Crippen LogP) is 2.09. The second-order valence-corrected chi connectivity index (χ2v) is 8.53. The minimum Gasteiger partial charge on any atom is -0.360 e. The highest BCUT2D eigenvalue weighted by Gasteiger charge is 2.67. The summed E-state index contributed by atoms with van der Waals surface area (Å²) in [6.07, 6.45) is 4.42. The van der Waals surface area contributed by atoms with Crippen molar-refractivity contribution < 1.29 is 19.1 Å². The van der Waals surface area contributed by atoms with Gasteiger partial charge < -0.3 is 20.3 Å². The van der Waals surface area contributed by atoms with Gasteiger partial charge in [0.05, 0.1) is 24.5 Å². The van der Waals surface area contributed by atoms with E-state index in [-0.39, 0.29) is 23.8 Å². The van der Waals surface area contributed by atoms with Crippen molar-refractivity contribution in [2.45, 2.75) is 38.9 Å². The Morgan fingerprint density at radius 1 is 1.28 bits per heavy atom. The van der Waals surface area contributed by atoms with E-state index in [0.29, 0.717) is 24.7 Å². The highest BCUT2D eigenvalue weighted by molar-refractivity contribution is 6.03. The highest BCUT2D eigenvalue weighted by atomic mass is 16.5. The van der Waals surface area contributed by atoms with E-state index in [1.165, 1.54) is 6.92 Å². The molecule has 0 radical (unpaired) electrons. The van der Waals surface area contributed by atoms with E-state index in [4.69, 9.17) is 4.74 Å². The lowest BCUT2D eigenvalue weighted by atomic mass is 9.77. The van der Waals surface area contributed by atoms with Crippen LogP contribution in [0.2, 0.25) is 0 Å². The van der Waals surface area contributed by atoms with Gasteiger partial charge in [0.1, 0.15) is 5.60 Å². The molecule has 4 rings (SSSR count). The Bertz CT molecular complexity index is 863. The molecule has 29 heavy (non-hydrogen) atoms. The van der Waals surface area contributed by atoms with Crippen LogP contribution in [-0.2, 0) is 19.1 Å². The van der Waals surface area contributed by atoms with Gasteiger partial charge >= 0.3 is 0 Å². The average molecular weight is 397 g/mol. The van der Waals surface area contributed by atoms with Crippen LogP contribution < -0.4 is 15.5 Å². The van der Waals surface area contributed by atoms with Gasteiger partial charge in [-0.05, 0) is 36.6 Å². The number of carbonyl (C=O) groups excluding carboxylic acids is 3. The molecule has 3 unspecified atom stereocenters. The number of hydrogen-bond acceptors (Lipinski definition) is 4. The van der Waals surface area contributed by atoms with Gasteiger partial charge in [-0.25, -0.2) is 0 Å². The fourth-order valence-electron chi connectivity index (χ4n) is 4.55. The number of anilines is 2. The third kappa shape index (κ3) is 3.44. The quantitative estimate of drug-likeness (QED) is 0.720. The molecule has 2 saturated heterocycles. The number of fused-ring (bicyclic) bond motifs is 1. The van der Waals surface area contributed by atoms with Gasteiger partial charge in [-0.2, -0.15) is 0 Å². The minimum atomic E-state index is -0.738. The van der Waals surface area contributed by atoms with Crippen molar-refractivity contribution in [2.75, 3.05) is 23.3 Å². The lowest BCUT2D eigenvalue weighted by Gasteiger charge is -2.23. The number of hydrogen-bond donors (Lipinski definition) is 2. The standard InChI is InChI=1S/C22H27N3O4/c1-13(2)9-11-23-20(27)18-17-8-10-22(29-17)12-25(21(28)19(18)22)16-6-4-15(5-7-16)24-14(3)26/h4-8,10,13,17-19H,9,11-12H2,1-3H3,(H,23,27)(H,24,26)/t17?,18?,19?,22-/m0/s1. The topological polar surface area (TPSA) is 87.7 Å². The van der Waals surface area contributed by atoms with Gasteiger partial charge in [-0.3, -0.25) is 14.4 Å². The maximum absolute atomic E-state index is 13.3. The summed E-state index contributed by atoms with van der Waals surface area (Å²) in [5.41, 5.74) is 0.663. The van der Waals surface area contributed by atoms with Crippen LogP contribution in [0.25, 0.3) is 0 Å². The molecule has 2 N–H and O–H groups in total. The van der Waals surface area contributed by atoms with Crippen molar-refractivity contribution in [3.8, 4) is 0 Å². The van der Waals surface area contributed by atoms with Crippen LogP contribution in [0, 0.1) is 17.8 Å². The van der Waals surface area contributed by atoms with Crippen molar-refractivity contribution in [1.82, 2.24) is 5.32 Å². The summed E-state index contributed by atoms with van der Waals surface area (Å²) in [4.78, 5) is 39.0. The molecule has 7 nitrogen and oxygen atoms in total. The molecular formula is C22H27N3O4. The Morgan fingerprint density at radius 2 is 2.00 bits per heavy atom. The molecule has 3 amide bonds. The molecule has 0 aliphatic carbocycles. The zero-order valence-electron chi connectivity index (χ0n) is 17.0. The average Bonchev–Trinajstić information content (AvgIpc) is 3.30. The number of nitrogens with zero attached hydrogens (tertiary/aromatic N) is 1. The van der Waals surface area contributed by atoms with Crippen molar-refractivity contribution in [1.29, 1.82) is 0 Å². The first kappa shape index (κ1) is 19.6. The van der Waals surface area contributed by atoms with E-state index >= 15 is 0 Å². The van der Waals surface area contributed by atoms with E-state index < -0.39 is 17.4 Å². The van der Waals surface area contributed by atoms with Crippen LogP contribution in [0.1, 0.15) is 27.2 Å². The van der Waals surface area contributed by atoms with Crippen LogP contribution in [0.4, 0.5) is 11.4 Å². The number of benzene rings is 1. The fourth-order valence-corrected chi connectivity index (χ4v) is 4.55. The molecule has 2 bridgehead atoms. The third-order valence-electron chi connectivity index (χ3n) is 5.92. The number of carbonyl (C=O) groups is 3. The summed E-state index contributed by atoms with van der Waals surface area (Å²) in [6.45, 7) is 6.66. The Kier molecular flexibility index (Phi) is 4.94. The van der Waals surface area contributed by atoms with Gasteiger partial charge in [0.25, 0.3) is 0 Å². The highest BCUT2D eigenvalue weighted by Crippen LogP contribution is 2.52. The predicted molar refractivity (Wildman–Crippen MR) is 109 cm³/mol. The second-order valence-electron chi connectivity index (χ2n) is 8.53. The van der Waals surface area contributed by atoms with Gasteiger partial charge in [-0.15, -0.1) is 0 Å². The molecule has 3 aliphatic heterocycles. The van der Waals surface area contributed by atoms with Gasteiger partial charge in [-0.1, -0.05) is 26.0 Å². The monoisotopic (exact) mass is 397 g/mol. The summed E-state index contributed by atoms with van der Waals surface area (Å²) in [6, 6.07) is 7.13. The molecule has 3 heterocycles.